The monoisotopic (exact) mass is 472 g/mol. The maximum absolute atomic E-state index is 12.7. The third-order valence-electron chi connectivity index (χ3n) is 10.3. The van der Waals surface area contributed by atoms with Crippen molar-refractivity contribution in [1.82, 2.24) is 0 Å². The normalized spacial score (nSPS) is 47.3. The van der Waals surface area contributed by atoms with Crippen molar-refractivity contribution >= 4 is 24.4 Å². The van der Waals surface area contributed by atoms with E-state index in [9.17, 15) is 24.6 Å². The second-order valence-corrected chi connectivity index (χ2v) is 11.3. The molecule has 9 heteroatoms. The number of aliphatic hydroxyl groups is 2. The Balaban J connectivity index is 1.43. The van der Waals surface area contributed by atoms with Gasteiger partial charge in [0.1, 0.15) is 19.0 Å². The highest BCUT2D eigenvalue weighted by molar-refractivity contribution is 6.20. The van der Waals surface area contributed by atoms with Gasteiger partial charge in [-0.2, -0.15) is 4.79 Å². The van der Waals surface area contributed by atoms with Gasteiger partial charge < -0.3 is 30.0 Å². The van der Waals surface area contributed by atoms with Crippen molar-refractivity contribution < 1.29 is 38.9 Å². The van der Waals surface area contributed by atoms with Gasteiger partial charge in [-0.25, -0.2) is 9.59 Å². The van der Waals surface area contributed by atoms with E-state index in [1.807, 2.05) is 0 Å². The second kappa shape index (κ2) is 7.83. The number of esters is 2. The smallest absolute Gasteiger partial charge is 0.413 e. The third-order valence-corrected chi connectivity index (χ3v) is 10.3. The van der Waals surface area contributed by atoms with Crippen LogP contribution in [-0.4, -0.2) is 63.4 Å². The zero-order valence-corrected chi connectivity index (χ0v) is 19.4. The molecule has 9 nitrogen and oxygen atoms in total. The number of aldehydes is 1. The number of carbonyl (C=O) groups is 3. The van der Waals surface area contributed by atoms with E-state index in [1.54, 1.807) is 6.08 Å². The molecule has 5 aliphatic rings. The average Bonchev–Trinajstić information content (AvgIpc) is 3.33. The number of rotatable bonds is 4. The van der Waals surface area contributed by atoms with Crippen LogP contribution in [0.5, 0.6) is 0 Å². The van der Waals surface area contributed by atoms with Crippen LogP contribution in [0.4, 0.5) is 0 Å². The van der Waals surface area contributed by atoms with Crippen LogP contribution in [0.25, 0.3) is 5.53 Å². The molecule has 4 saturated carbocycles. The van der Waals surface area contributed by atoms with Crippen LogP contribution in [0.2, 0.25) is 0 Å². The maximum atomic E-state index is 12.7. The van der Waals surface area contributed by atoms with Crippen molar-refractivity contribution in [3.8, 4) is 0 Å². The fourth-order valence-corrected chi connectivity index (χ4v) is 8.66. The Labute approximate surface area is 198 Å². The molecule has 2 N–H and O–H groups in total. The van der Waals surface area contributed by atoms with Gasteiger partial charge in [0.15, 0.2) is 0 Å². The molecule has 0 bridgehead atoms. The van der Waals surface area contributed by atoms with Crippen molar-refractivity contribution in [2.45, 2.75) is 82.0 Å². The minimum atomic E-state index is -1.33. The molecule has 8 unspecified atom stereocenters. The zero-order chi connectivity index (χ0) is 24.4. The summed E-state index contributed by atoms with van der Waals surface area (Å²) in [5, 5.41) is 24.0. The number of fused-ring (bicyclic) bond motifs is 5. The molecule has 4 aliphatic carbocycles. The highest BCUT2D eigenvalue weighted by atomic mass is 16.5. The lowest BCUT2D eigenvalue weighted by Crippen LogP contribution is -2.69. The van der Waals surface area contributed by atoms with E-state index in [4.69, 9.17) is 15.0 Å². The lowest BCUT2D eigenvalue weighted by molar-refractivity contribution is -0.249. The van der Waals surface area contributed by atoms with E-state index in [0.29, 0.717) is 51.2 Å². The fraction of sp³-hybridized carbons (Fsp3) is 0.760. The van der Waals surface area contributed by atoms with Gasteiger partial charge in [0.2, 0.25) is 0 Å². The van der Waals surface area contributed by atoms with E-state index < -0.39 is 34.1 Å². The minimum absolute atomic E-state index is 0.0567. The standard InChI is InChI=1S/C25H32N2O7/c1-22-6-3-18-19(25(22,32)9-5-17(22)15-10-20(29)33-13-15)4-8-24(31)11-16(34-21(30)12-27-26)2-7-23(18,24)14-28/h10,12,14,16-19,31-32H,2-9,11,13H2,1H3. The SMILES string of the molecule is CC12CCC3C(CCC4(O)CC(OC(=O)C=[N+]=[N-])CCC34C=O)C1(O)CCC2C1=CC(=O)OC1. The third kappa shape index (κ3) is 3.03. The van der Waals surface area contributed by atoms with Gasteiger partial charge in [0.05, 0.1) is 16.6 Å². The summed E-state index contributed by atoms with van der Waals surface area (Å²) >= 11 is 0. The van der Waals surface area contributed by atoms with Gasteiger partial charge in [0, 0.05) is 17.9 Å². The van der Waals surface area contributed by atoms with Crippen LogP contribution in [0.15, 0.2) is 11.6 Å². The molecular formula is C25H32N2O7. The first-order chi connectivity index (χ1) is 16.1. The number of hydrogen-bond acceptors (Lipinski definition) is 7. The first-order valence-electron chi connectivity index (χ1n) is 12.3. The predicted molar refractivity (Wildman–Crippen MR) is 117 cm³/mol. The van der Waals surface area contributed by atoms with Crippen LogP contribution in [-0.2, 0) is 23.9 Å². The molecule has 34 heavy (non-hydrogen) atoms. The second-order valence-electron chi connectivity index (χ2n) is 11.3. The lowest BCUT2D eigenvalue weighted by Gasteiger charge is -2.65. The highest BCUT2D eigenvalue weighted by Crippen LogP contribution is 2.70. The van der Waals surface area contributed by atoms with Crippen LogP contribution in [0.3, 0.4) is 0 Å². The van der Waals surface area contributed by atoms with Crippen molar-refractivity contribution in [3.05, 3.63) is 17.2 Å². The molecule has 0 aromatic heterocycles. The van der Waals surface area contributed by atoms with Crippen molar-refractivity contribution in [2.75, 3.05) is 6.61 Å². The van der Waals surface area contributed by atoms with Gasteiger partial charge in [-0.15, -0.1) is 0 Å². The van der Waals surface area contributed by atoms with Crippen LogP contribution in [0.1, 0.15) is 64.7 Å². The van der Waals surface area contributed by atoms with E-state index in [0.717, 1.165) is 18.3 Å². The average molecular weight is 473 g/mol. The molecule has 0 saturated heterocycles. The molecular weight excluding hydrogens is 440 g/mol. The van der Waals surface area contributed by atoms with Gasteiger partial charge in [-0.3, -0.25) is 0 Å². The Morgan fingerprint density at radius 2 is 1.94 bits per heavy atom. The molecule has 0 spiro atoms. The molecule has 0 amide bonds. The van der Waals surface area contributed by atoms with Gasteiger partial charge in [0.25, 0.3) is 0 Å². The predicted octanol–water partition coefficient (Wildman–Crippen LogP) is 1.75. The van der Waals surface area contributed by atoms with Crippen molar-refractivity contribution in [2.24, 2.45) is 28.6 Å². The lowest BCUT2D eigenvalue weighted by atomic mass is 9.41. The number of cyclic esters (lactones) is 1. The molecule has 0 radical (unpaired) electrons. The van der Waals surface area contributed by atoms with E-state index >= 15 is 0 Å². The Morgan fingerprint density at radius 3 is 2.62 bits per heavy atom. The van der Waals surface area contributed by atoms with Gasteiger partial charge >= 0.3 is 18.2 Å². The molecule has 8 atom stereocenters. The molecule has 184 valence electrons. The van der Waals surface area contributed by atoms with Crippen molar-refractivity contribution in [1.29, 1.82) is 0 Å². The molecule has 0 aromatic rings. The largest absolute Gasteiger partial charge is 0.458 e. The summed E-state index contributed by atoms with van der Waals surface area (Å²) in [6.07, 6.45) is 7.17. The Hall–Kier alpha value is -2.35. The maximum Gasteiger partial charge on any atom is 0.413 e. The number of ether oxygens (including phenoxy) is 2. The minimum Gasteiger partial charge on any atom is -0.458 e. The van der Waals surface area contributed by atoms with Crippen molar-refractivity contribution in [3.63, 3.8) is 0 Å². The van der Waals surface area contributed by atoms with E-state index in [2.05, 4.69) is 11.7 Å². The molecule has 0 aromatic carbocycles. The fourth-order valence-electron chi connectivity index (χ4n) is 8.66. The van der Waals surface area contributed by atoms with Gasteiger partial charge in [-0.05, 0) is 74.7 Å². The summed E-state index contributed by atoms with van der Waals surface area (Å²) in [5.41, 5.74) is 5.75. The summed E-state index contributed by atoms with van der Waals surface area (Å²) in [5.74, 6) is -1.37. The van der Waals surface area contributed by atoms with E-state index in [1.165, 1.54) is 0 Å². The molecule has 4 fully saturated rings. The number of carbonyl (C=O) groups excluding carboxylic acids is 3. The van der Waals surface area contributed by atoms with E-state index in [-0.39, 0.29) is 36.8 Å². The highest BCUT2D eigenvalue weighted by Gasteiger charge is 2.71. The topological polar surface area (TPSA) is 147 Å². The summed E-state index contributed by atoms with van der Waals surface area (Å²) in [4.78, 5) is 38.9. The van der Waals surface area contributed by atoms with Crippen LogP contribution < -0.4 is 0 Å². The van der Waals surface area contributed by atoms with Crippen LogP contribution >= 0.6 is 0 Å². The zero-order valence-electron chi connectivity index (χ0n) is 19.4. The van der Waals surface area contributed by atoms with Crippen LogP contribution in [0, 0.1) is 28.6 Å². The quantitative estimate of drug-likeness (QED) is 0.208. The molecule has 5 rings (SSSR count). The first-order valence-corrected chi connectivity index (χ1v) is 12.3. The Bertz CT molecular complexity index is 1010. The number of hydrogen-bond donors (Lipinski definition) is 2. The summed E-state index contributed by atoms with van der Waals surface area (Å²) in [6, 6.07) is 0. The molecule has 1 aliphatic heterocycles. The molecule has 1 heterocycles. The summed E-state index contributed by atoms with van der Waals surface area (Å²) < 4.78 is 10.5. The van der Waals surface area contributed by atoms with Gasteiger partial charge in [-0.1, -0.05) is 6.92 Å². The Morgan fingerprint density at radius 1 is 1.18 bits per heavy atom. The summed E-state index contributed by atoms with van der Waals surface area (Å²) in [7, 11) is 0. The first kappa shape index (κ1) is 23.4. The Kier molecular flexibility index (Phi) is 5.39. The summed E-state index contributed by atoms with van der Waals surface area (Å²) in [6.45, 7) is 2.39. The number of nitrogens with zero attached hydrogens (tertiary/aromatic N) is 2.